The Labute approximate surface area is 155 Å². The predicted molar refractivity (Wildman–Crippen MR) is 98.4 cm³/mol. The summed E-state index contributed by atoms with van der Waals surface area (Å²) in [6.07, 6.45) is 1.77. The average molecular weight is 369 g/mol. The van der Waals surface area contributed by atoms with Crippen molar-refractivity contribution in [3.8, 4) is 17.1 Å². The maximum absolute atomic E-state index is 12.9. The molecule has 0 spiro atoms. The van der Waals surface area contributed by atoms with Gasteiger partial charge in [0.25, 0.3) is 5.91 Å². The van der Waals surface area contributed by atoms with Crippen LogP contribution in [0.3, 0.4) is 0 Å². The van der Waals surface area contributed by atoms with E-state index in [2.05, 4.69) is 10.1 Å². The zero-order chi connectivity index (χ0) is 18.1. The fraction of sp³-hybridized carbons (Fsp3) is 0.316. The van der Waals surface area contributed by atoms with E-state index in [1.54, 1.807) is 7.11 Å². The molecule has 4 rings (SSSR count). The van der Waals surface area contributed by atoms with E-state index >= 15 is 0 Å². The summed E-state index contributed by atoms with van der Waals surface area (Å²) in [5.41, 5.74) is 1.86. The molecule has 134 valence electrons. The Balaban J connectivity index is 1.58. The Bertz CT molecular complexity index is 916. The lowest BCUT2D eigenvalue weighted by atomic mass is 10.2. The Hall–Kier alpha value is -2.67. The van der Waals surface area contributed by atoms with Gasteiger partial charge < -0.3 is 14.2 Å². The Morgan fingerprint density at radius 3 is 2.81 bits per heavy atom. The molecule has 7 heteroatoms. The first-order valence-electron chi connectivity index (χ1n) is 8.50. The Kier molecular flexibility index (Phi) is 4.46. The normalized spacial score (nSPS) is 16.8. The van der Waals surface area contributed by atoms with E-state index < -0.39 is 0 Å². The van der Waals surface area contributed by atoms with E-state index in [9.17, 15) is 4.79 Å². The van der Waals surface area contributed by atoms with Crippen LogP contribution in [0.2, 0.25) is 0 Å². The Morgan fingerprint density at radius 2 is 2.12 bits per heavy atom. The minimum atomic E-state index is -0.163. The molecule has 0 N–H and O–H groups in total. The second-order valence-electron chi connectivity index (χ2n) is 6.27. The monoisotopic (exact) mass is 369 g/mol. The molecule has 6 nitrogen and oxygen atoms in total. The van der Waals surface area contributed by atoms with Crippen LogP contribution < -0.4 is 4.74 Å². The van der Waals surface area contributed by atoms with Crippen LogP contribution in [-0.4, -0.2) is 34.6 Å². The van der Waals surface area contributed by atoms with Crippen molar-refractivity contribution in [1.29, 1.82) is 0 Å². The standard InChI is InChI=1S/C19H19N3O3S/c1-12-9-11-26-16(12)19(23)22-10-3-4-15(22)18-20-17(21-25-18)13-5-7-14(24-2)8-6-13/h5-9,11,15H,3-4,10H2,1-2H3. The van der Waals surface area contributed by atoms with Gasteiger partial charge in [-0.15, -0.1) is 11.3 Å². The lowest BCUT2D eigenvalue weighted by Crippen LogP contribution is -2.30. The quantitative estimate of drug-likeness (QED) is 0.693. The highest BCUT2D eigenvalue weighted by molar-refractivity contribution is 7.12. The van der Waals surface area contributed by atoms with Crippen LogP contribution in [0.4, 0.5) is 0 Å². The number of thiophene rings is 1. The van der Waals surface area contributed by atoms with Crippen molar-refractivity contribution in [2.75, 3.05) is 13.7 Å². The summed E-state index contributed by atoms with van der Waals surface area (Å²) in [6.45, 7) is 2.67. The second-order valence-corrected chi connectivity index (χ2v) is 7.19. The molecule has 1 aliphatic rings. The molecule has 1 aromatic carbocycles. The van der Waals surface area contributed by atoms with Crippen LogP contribution in [0.1, 0.15) is 40.0 Å². The van der Waals surface area contributed by atoms with Crippen LogP contribution in [0.15, 0.2) is 40.2 Å². The minimum absolute atomic E-state index is 0.0456. The van der Waals surface area contributed by atoms with E-state index in [0.29, 0.717) is 18.3 Å². The van der Waals surface area contributed by atoms with E-state index in [1.807, 2.05) is 47.5 Å². The van der Waals surface area contributed by atoms with Gasteiger partial charge in [-0.2, -0.15) is 4.98 Å². The van der Waals surface area contributed by atoms with Crippen LogP contribution in [0, 0.1) is 6.92 Å². The topological polar surface area (TPSA) is 68.5 Å². The highest BCUT2D eigenvalue weighted by Gasteiger charge is 2.35. The zero-order valence-corrected chi connectivity index (χ0v) is 15.5. The largest absolute Gasteiger partial charge is 0.497 e. The number of amides is 1. The van der Waals surface area contributed by atoms with E-state index in [4.69, 9.17) is 9.26 Å². The van der Waals surface area contributed by atoms with Crippen molar-refractivity contribution in [2.45, 2.75) is 25.8 Å². The molecule has 3 aromatic rings. The third-order valence-corrected chi connectivity index (χ3v) is 5.65. The van der Waals surface area contributed by atoms with Crippen molar-refractivity contribution in [3.05, 3.63) is 52.0 Å². The highest BCUT2D eigenvalue weighted by atomic mass is 32.1. The maximum atomic E-state index is 12.9. The first-order chi connectivity index (χ1) is 12.7. The van der Waals surface area contributed by atoms with Crippen molar-refractivity contribution in [2.24, 2.45) is 0 Å². The third-order valence-electron chi connectivity index (χ3n) is 4.65. The predicted octanol–water partition coefficient (Wildman–Crippen LogP) is 4.09. The molecule has 0 aliphatic carbocycles. The van der Waals surface area contributed by atoms with Gasteiger partial charge in [0.1, 0.15) is 11.8 Å². The number of hydrogen-bond donors (Lipinski definition) is 0. The van der Waals surface area contributed by atoms with E-state index in [0.717, 1.165) is 34.6 Å². The number of aromatic nitrogens is 2. The number of carbonyl (C=O) groups is 1. The minimum Gasteiger partial charge on any atom is -0.497 e. The fourth-order valence-electron chi connectivity index (χ4n) is 3.22. The molecule has 0 bridgehead atoms. The van der Waals surface area contributed by atoms with E-state index in [1.165, 1.54) is 11.3 Å². The SMILES string of the molecule is COc1ccc(-c2noc(C3CCCN3C(=O)c3sccc3C)n2)cc1. The van der Waals surface area contributed by atoms with Gasteiger partial charge in [-0.1, -0.05) is 5.16 Å². The van der Waals surface area contributed by atoms with Gasteiger partial charge >= 0.3 is 0 Å². The number of likely N-dealkylation sites (tertiary alicyclic amines) is 1. The number of aryl methyl sites for hydroxylation is 1. The second kappa shape index (κ2) is 6.92. The van der Waals surface area contributed by atoms with Gasteiger partial charge in [0.2, 0.25) is 11.7 Å². The third kappa shape index (κ3) is 2.99. The zero-order valence-electron chi connectivity index (χ0n) is 14.6. The van der Waals surface area contributed by atoms with Gasteiger partial charge in [0.15, 0.2) is 0 Å². The number of nitrogens with zero attached hydrogens (tertiary/aromatic N) is 3. The molecule has 1 unspecified atom stereocenters. The van der Waals surface area contributed by atoms with E-state index in [-0.39, 0.29) is 11.9 Å². The molecule has 1 saturated heterocycles. The summed E-state index contributed by atoms with van der Waals surface area (Å²) >= 11 is 1.48. The van der Waals surface area contributed by atoms with Crippen molar-refractivity contribution >= 4 is 17.2 Å². The molecule has 1 fully saturated rings. The summed E-state index contributed by atoms with van der Waals surface area (Å²) < 4.78 is 10.7. The van der Waals surface area contributed by atoms with Gasteiger partial charge in [-0.25, -0.2) is 0 Å². The summed E-state index contributed by atoms with van der Waals surface area (Å²) in [5, 5.41) is 6.04. The van der Waals surface area contributed by atoms with Crippen molar-refractivity contribution in [3.63, 3.8) is 0 Å². The van der Waals surface area contributed by atoms with Crippen LogP contribution in [0.25, 0.3) is 11.4 Å². The first-order valence-corrected chi connectivity index (χ1v) is 9.38. The summed E-state index contributed by atoms with van der Waals surface area (Å²) in [4.78, 5) is 20.1. The number of benzene rings is 1. The molecule has 26 heavy (non-hydrogen) atoms. The molecule has 1 aliphatic heterocycles. The number of ether oxygens (including phenoxy) is 1. The fourth-order valence-corrected chi connectivity index (χ4v) is 4.10. The van der Waals surface area contributed by atoms with Crippen LogP contribution in [-0.2, 0) is 0 Å². The van der Waals surface area contributed by atoms with Crippen molar-refractivity contribution in [1.82, 2.24) is 15.0 Å². The molecule has 0 radical (unpaired) electrons. The van der Waals surface area contributed by atoms with Crippen LogP contribution in [0.5, 0.6) is 5.75 Å². The van der Waals surface area contributed by atoms with Crippen molar-refractivity contribution < 1.29 is 14.1 Å². The number of methoxy groups -OCH3 is 1. The smallest absolute Gasteiger partial charge is 0.264 e. The number of rotatable bonds is 4. The molecular weight excluding hydrogens is 350 g/mol. The molecule has 0 saturated carbocycles. The Morgan fingerprint density at radius 1 is 1.31 bits per heavy atom. The first kappa shape index (κ1) is 16.8. The number of carbonyl (C=O) groups excluding carboxylic acids is 1. The summed E-state index contributed by atoms with van der Waals surface area (Å²) in [7, 11) is 1.63. The molecule has 2 aromatic heterocycles. The molecule has 1 atom stereocenters. The number of hydrogen-bond acceptors (Lipinski definition) is 6. The van der Waals surface area contributed by atoms with Crippen LogP contribution >= 0.6 is 11.3 Å². The lowest BCUT2D eigenvalue weighted by Gasteiger charge is -2.21. The molecule has 3 heterocycles. The van der Waals surface area contributed by atoms with Gasteiger partial charge in [-0.05, 0) is 61.0 Å². The molecule has 1 amide bonds. The van der Waals surface area contributed by atoms with Gasteiger partial charge in [0, 0.05) is 12.1 Å². The average Bonchev–Trinajstić information content (AvgIpc) is 3.41. The highest BCUT2D eigenvalue weighted by Crippen LogP contribution is 2.34. The van der Waals surface area contributed by atoms with Gasteiger partial charge in [0.05, 0.1) is 12.0 Å². The summed E-state index contributed by atoms with van der Waals surface area (Å²) in [6, 6.07) is 9.30. The summed E-state index contributed by atoms with van der Waals surface area (Å²) in [5.74, 6) is 1.84. The maximum Gasteiger partial charge on any atom is 0.264 e. The molecular formula is C19H19N3O3S. The lowest BCUT2D eigenvalue weighted by molar-refractivity contribution is 0.0714. The van der Waals surface area contributed by atoms with Gasteiger partial charge in [-0.3, -0.25) is 4.79 Å².